The summed E-state index contributed by atoms with van der Waals surface area (Å²) in [5.74, 6) is -0.920. The van der Waals surface area contributed by atoms with Crippen LogP contribution >= 0.6 is 0 Å². The van der Waals surface area contributed by atoms with Gasteiger partial charge in [0.1, 0.15) is 13.2 Å². The lowest BCUT2D eigenvalue weighted by Crippen LogP contribution is -2.30. The van der Waals surface area contributed by atoms with Crippen LogP contribution in [-0.4, -0.2) is 37.2 Å². The Morgan fingerprint density at radius 1 is 0.256 bits per heavy atom. The number of ether oxygens (including phenoxy) is 3. The summed E-state index contributed by atoms with van der Waals surface area (Å²) in [6.07, 6.45) is 98.7. The minimum atomic E-state index is -0.796. The SMILES string of the molecule is CC/C=C\C/C=C\C/C=C\C/C=C\C/C=C\C/C=C\C/C=C\CCCCCCCC(=O)OCC(COC(=O)CCCCCCC/C=C\CCC)OC(=O)CCCCCCCCCCCCCCCC/C=C\C/C=C\C/C=C\C/C=C\CC. The third kappa shape index (κ3) is 66.1. The maximum absolute atomic E-state index is 12.9. The van der Waals surface area contributed by atoms with E-state index in [-0.39, 0.29) is 31.1 Å². The van der Waals surface area contributed by atoms with E-state index >= 15 is 0 Å². The molecule has 0 aliphatic carbocycles. The molecule has 0 aliphatic heterocycles. The van der Waals surface area contributed by atoms with Gasteiger partial charge in [0, 0.05) is 19.3 Å². The summed E-state index contributed by atoms with van der Waals surface area (Å²) in [6, 6.07) is 0. The summed E-state index contributed by atoms with van der Waals surface area (Å²) in [4.78, 5) is 38.3. The lowest BCUT2D eigenvalue weighted by atomic mass is 10.0. The van der Waals surface area contributed by atoms with Gasteiger partial charge in [-0.15, -0.1) is 0 Å². The molecule has 0 fully saturated rings. The number of allylic oxidation sites excluding steroid dienone is 24. The molecule has 0 bridgehead atoms. The lowest BCUT2D eigenvalue weighted by molar-refractivity contribution is -0.167. The van der Waals surface area contributed by atoms with Gasteiger partial charge in [-0.1, -0.05) is 289 Å². The Hall–Kier alpha value is -4.71. The largest absolute Gasteiger partial charge is 0.462 e. The van der Waals surface area contributed by atoms with Crippen molar-refractivity contribution in [2.45, 2.75) is 303 Å². The molecular formula is C76H124O6. The van der Waals surface area contributed by atoms with Crippen molar-refractivity contribution in [3.05, 3.63) is 146 Å². The van der Waals surface area contributed by atoms with Gasteiger partial charge in [0.15, 0.2) is 6.10 Å². The molecule has 1 atom stereocenters. The molecule has 6 heteroatoms. The third-order valence-electron chi connectivity index (χ3n) is 14.0. The maximum atomic E-state index is 12.9. The number of hydrogen-bond donors (Lipinski definition) is 0. The topological polar surface area (TPSA) is 78.9 Å². The van der Waals surface area contributed by atoms with Crippen LogP contribution < -0.4 is 0 Å². The van der Waals surface area contributed by atoms with Crippen LogP contribution in [0.5, 0.6) is 0 Å². The van der Waals surface area contributed by atoms with E-state index in [1.165, 1.54) is 89.9 Å². The minimum absolute atomic E-state index is 0.0922. The fourth-order valence-corrected chi connectivity index (χ4v) is 9.06. The molecule has 0 aromatic rings. The molecule has 0 N–H and O–H groups in total. The molecule has 0 aromatic carbocycles. The molecule has 0 rings (SSSR count). The molecule has 0 saturated heterocycles. The third-order valence-corrected chi connectivity index (χ3v) is 14.0. The van der Waals surface area contributed by atoms with E-state index < -0.39 is 6.10 Å². The van der Waals surface area contributed by atoms with E-state index in [9.17, 15) is 14.4 Å². The second-order valence-corrected chi connectivity index (χ2v) is 22.0. The van der Waals surface area contributed by atoms with Crippen molar-refractivity contribution in [3.63, 3.8) is 0 Å². The van der Waals surface area contributed by atoms with Crippen LogP contribution in [-0.2, 0) is 28.6 Å². The normalized spacial score (nSPS) is 13.1. The highest BCUT2D eigenvalue weighted by Crippen LogP contribution is 2.16. The fraction of sp³-hybridized carbons (Fsp3) is 0.645. The highest BCUT2D eigenvalue weighted by molar-refractivity contribution is 5.71. The van der Waals surface area contributed by atoms with Crippen molar-refractivity contribution >= 4 is 17.9 Å². The van der Waals surface area contributed by atoms with Crippen LogP contribution in [0, 0.1) is 0 Å². The minimum Gasteiger partial charge on any atom is -0.462 e. The van der Waals surface area contributed by atoms with Gasteiger partial charge in [0.05, 0.1) is 0 Å². The molecule has 0 heterocycles. The number of esters is 3. The predicted molar refractivity (Wildman–Crippen MR) is 357 cm³/mol. The molecule has 82 heavy (non-hydrogen) atoms. The molecule has 1 unspecified atom stereocenters. The van der Waals surface area contributed by atoms with Gasteiger partial charge in [0.25, 0.3) is 0 Å². The van der Waals surface area contributed by atoms with Crippen molar-refractivity contribution in [1.82, 2.24) is 0 Å². The van der Waals surface area contributed by atoms with Crippen LogP contribution in [0.1, 0.15) is 297 Å². The van der Waals surface area contributed by atoms with Crippen LogP contribution in [0.3, 0.4) is 0 Å². The first-order valence-electron chi connectivity index (χ1n) is 33.8. The predicted octanol–water partition coefficient (Wildman–Crippen LogP) is 23.5. The molecule has 0 aliphatic rings. The van der Waals surface area contributed by atoms with Gasteiger partial charge in [-0.25, -0.2) is 0 Å². The Balaban J connectivity index is 4.29. The van der Waals surface area contributed by atoms with Gasteiger partial charge >= 0.3 is 17.9 Å². The quantitative estimate of drug-likeness (QED) is 0.0261. The van der Waals surface area contributed by atoms with Gasteiger partial charge in [-0.2, -0.15) is 0 Å². The van der Waals surface area contributed by atoms with E-state index in [2.05, 4.69) is 167 Å². The Bertz CT molecular complexity index is 1780. The summed E-state index contributed by atoms with van der Waals surface area (Å²) in [6.45, 7) is 6.34. The van der Waals surface area contributed by atoms with E-state index in [1.54, 1.807) is 0 Å². The zero-order valence-electron chi connectivity index (χ0n) is 53.2. The first-order chi connectivity index (χ1) is 40.5. The maximum Gasteiger partial charge on any atom is 0.306 e. The molecule has 0 radical (unpaired) electrons. The Morgan fingerprint density at radius 2 is 0.476 bits per heavy atom. The van der Waals surface area contributed by atoms with Crippen molar-refractivity contribution in [2.75, 3.05) is 13.2 Å². The monoisotopic (exact) mass is 1130 g/mol. The summed E-state index contributed by atoms with van der Waals surface area (Å²) in [5, 5.41) is 0. The first kappa shape index (κ1) is 77.3. The van der Waals surface area contributed by atoms with E-state index in [4.69, 9.17) is 14.2 Å². The zero-order chi connectivity index (χ0) is 59.2. The number of carbonyl (C=O) groups is 3. The summed E-state index contributed by atoms with van der Waals surface area (Å²) >= 11 is 0. The van der Waals surface area contributed by atoms with Crippen LogP contribution in [0.2, 0.25) is 0 Å². The molecule has 464 valence electrons. The summed E-state index contributed by atoms with van der Waals surface area (Å²) < 4.78 is 16.9. The number of rotatable bonds is 60. The van der Waals surface area contributed by atoms with Crippen molar-refractivity contribution in [2.24, 2.45) is 0 Å². The zero-order valence-corrected chi connectivity index (χ0v) is 53.2. The average molecular weight is 1130 g/mol. The van der Waals surface area contributed by atoms with Gasteiger partial charge in [0.2, 0.25) is 0 Å². The second-order valence-electron chi connectivity index (χ2n) is 22.0. The Kier molecular flexibility index (Phi) is 64.8. The smallest absolute Gasteiger partial charge is 0.306 e. The van der Waals surface area contributed by atoms with Crippen molar-refractivity contribution in [1.29, 1.82) is 0 Å². The molecule has 0 spiro atoms. The van der Waals surface area contributed by atoms with Crippen LogP contribution in [0.15, 0.2) is 146 Å². The lowest BCUT2D eigenvalue weighted by Gasteiger charge is -2.18. The molecule has 0 amide bonds. The van der Waals surface area contributed by atoms with Gasteiger partial charge < -0.3 is 14.2 Å². The van der Waals surface area contributed by atoms with E-state index in [1.807, 2.05) is 0 Å². The molecule has 0 aromatic heterocycles. The number of carbonyl (C=O) groups excluding carboxylic acids is 3. The van der Waals surface area contributed by atoms with Crippen molar-refractivity contribution in [3.8, 4) is 0 Å². The van der Waals surface area contributed by atoms with Crippen LogP contribution in [0.25, 0.3) is 0 Å². The summed E-state index contributed by atoms with van der Waals surface area (Å²) in [7, 11) is 0. The fourth-order valence-electron chi connectivity index (χ4n) is 9.06. The molecule has 0 saturated carbocycles. The average Bonchev–Trinajstić information content (AvgIpc) is 3.48. The Morgan fingerprint density at radius 3 is 0.756 bits per heavy atom. The number of unbranched alkanes of at least 4 members (excludes halogenated alkanes) is 25. The van der Waals surface area contributed by atoms with Crippen LogP contribution in [0.4, 0.5) is 0 Å². The highest BCUT2D eigenvalue weighted by Gasteiger charge is 2.19. The Labute approximate surface area is 506 Å². The number of hydrogen-bond acceptors (Lipinski definition) is 6. The first-order valence-corrected chi connectivity index (χ1v) is 33.8. The van der Waals surface area contributed by atoms with E-state index in [0.717, 1.165) is 167 Å². The summed E-state index contributed by atoms with van der Waals surface area (Å²) in [5.41, 5.74) is 0. The molecular weight excluding hydrogens is 1010 g/mol. The van der Waals surface area contributed by atoms with E-state index in [0.29, 0.717) is 19.3 Å². The second kappa shape index (κ2) is 68.8. The molecule has 6 nitrogen and oxygen atoms in total. The van der Waals surface area contributed by atoms with Gasteiger partial charge in [-0.3, -0.25) is 14.4 Å². The standard InChI is InChI=1S/C76H124O6/c1-4-7-10-13-16-19-22-24-26-28-30-32-34-36-38-40-42-44-46-48-50-52-54-57-60-63-66-69-75(78)81-72-73(71-80-74(77)68-65-62-59-56-21-18-15-12-9-6-3)82-76(79)70-67-64-61-58-55-53-51-49-47-45-43-41-39-37-35-33-31-29-27-25-23-20-17-14-11-8-5-2/h7-8,10-12,15-17,19-20,24-27,30-33,36,38,42,44,48,50,73H,4-6,9,13-14,18,21-23,28-29,34-35,37,39-41,43,45-47,49,51-72H2,1-3H3/b10-7-,11-8-,15-12-,19-16-,20-17-,26-24-,27-25-,32-30-,33-31-,38-36-,44-42-,50-48-. The highest BCUT2D eigenvalue weighted by atomic mass is 16.6. The van der Waals surface area contributed by atoms with Gasteiger partial charge in [-0.05, 0) is 135 Å². The van der Waals surface area contributed by atoms with Crippen molar-refractivity contribution < 1.29 is 28.6 Å².